The van der Waals surface area contributed by atoms with Crippen LogP contribution in [0.3, 0.4) is 0 Å². The highest BCUT2D eigenvalue weighted by Crippen LogP contribution is 2.51. The fourth-order valence-corrected chi connectivity index (χ4v) is 49.9. The van der Waals surface area contributed by atoms with Crippen LogP contribution in [0, 0.1) is 0 Å². The van der Waals surface area contributed by atoms with Crippen LogP contribution in [0.1, 0.15) is 129 Å². The quantitative estimate of drug-likeness (QED) is 0.0261. The van der Waals surface area contributed by atoms with Gasteiger partial charge in [-0.25, -0.2) is 19.6 Å². The number of nitrogens with zero attached hydrogens (tertiary/aromatic N) is 5. The highest BCUT2D eigenvalue weighted by atomic mass is 31.2. The van der Waals surface area contributed by atoms with Gasteiger partial charge in [0.2, 0.25) is 0 Å². The molecule has 1 amide bonds. The zero-order valence-corrected chi connectivity index (χ0v) is 50.4. The first-order valence-corrected chi connectivity index (χ1v) is 38.6. The first-order chi connectivity index (χ1) is 35.2. The molecule has 2 aliphatic rings. The van der Waals surface area contributed by atoms with E-state index < -0.39 is 74.3 Å². The van der Waals surface area contributed by atoms with Crippen LogP contribution in [0.25, 0.3) is 11.2 Å². The Morgan fingerprint density at radius 1 is 0.770 bits per heavy atom. The number of fused-ring (bicyclic) bond motifs is 1. The Balaban J connectivity index is 1.64. The molecule has 5 atom stereocenters. The van der Waals surface area contributed by atoms with Gasteiger partial charge in [0.05, 0.1) is 26.1 Å². The van der Waals surface area contributed by atoms with E-state index in [1.165, 1.54) is 65.1 Å². The SMILES string of the molecule is COP(O[C@@H]1[C@@H](CO[Si](OC2CCCCCCCCCCC2)([Si](C)(C)C)[Si](C)(C)C)OC(n2cnc3c(NC(=O)c4ccccc4)ncnc32)[C@@H]1OC(OCCOC(C)=O)OCCOC(C)=O)N(C(C)C)C(C)C. The fourth-order valence-electron chi connectivity index (χ4n) is 10.0. The smallest absolute Gasteiger partial charge is 0.302 e. The molecule has 0 bridgehead atoms. The summed E-state index contributed by atoms with van der Waals surface area (Å²) in [6.07, 6.45) is 12.3. The maximum absolute atomic E-state index is 13.5. The summed E-state index contributed by atoms with van der Waals surface area (Å²) in [7, 11) is -7.63. The van der Waals surface area contributed by atoms with Crippen LogP contribution in [0.4, 0.5) is 5.82 Å². The zero-order chi connectivity index (χ0) is 54.1. The van der Waals surface area contributed by atoms with Gasteiger partial charge in [-0.15, -0.1) is 0 Å². The second-order valence-electron chi connectivity index (χ2n) is 21.7. The Morgan fingerprint density at radius 3 is 1.84 bits per heavy atom. The summed E-state index contributed by atoms with van der Waals surface area (Å²) in [4.78, 5) is 50.9. The first-order valence-electron chi connectivity index (χ1n) is 26.6. The molecular formula is C51H87N6O13PSi3. The largest absolute Gasteiger partial charge is 0.463 e. The van der Waals surface area contributed by atoms with Gasteiger partial charge in [0, 0.05) is 44.7 Å². The summed E-state index contributed by atoms with van der Waals surface area (Å²) < 4.78 is 69.9. The summed E-state index contributed by atoms with van der Waals surface area (Å²) in [6.45, 7) is 23.7. The minimum absolute atomic E-state index is 0.0206. The predicted molar refractivity (Wildman–Crippen MR) is 292 cm³/mol. The molecule has 1 aromatic carbocycles. The van der Waals surface area contributed by atoms with Crippen LogP contribution >= 0.6 is 8.53 Å². The van der Waals surface area contributed by atoms with E-state index in [1.807, 2.05) is 6.07 Å². The van der Waals surface area contributed by atoms with Crippen molar-refractivity contribution in [3.8, 4) is 0 Å². The number of hydrogen-bond acceptors (Lipinski definition) is 17. The monoisotopic (exact) mass is 1110 g/mol. The lowest BCUT2D eigenvalue weighted by Gasteiger charge is -2.50. The Bertz CT molecular complexity index is 2130. The highest BCUT2D eigenvalue weighted by molar-refractivity contribution is 7.64. The predicted octanol–water partition coefficient (Wildman–Crippen LogP) is 10.2. The maximum Gasteiger partial charge on any atom is 0.302 e. The van der Waals surface area contributed by atoms with Gasteiger partial charge in [-0.05, 0) is 52.7 Å². The molecule has 2 aromatic heterocycles. The number of hydrogen-bond donors (Lipinski definition) is 1. The van der Waals surface area contributed by atoms with E-state index in [2.05, 4.69) is 86.9 Å². The number of carbonyl (C=O) groups is 3. The normalized spacial score (nSPS) is 20.5. The molecule has 0 spiro atoms. The van der Waals surface area contributed by atoms with Gasteiger partial charge in [-0.2, -0.15) is 0 Å². The van der Waals surface area contributed by atoms with Crippen LogP contribution < -0.4 is 5.32 Å². The van der Waals surface area contributed by atoms with E-state index in [0.29, 0.717) is 16.7 Å². The molecule has 1 saturated carbocycles. The number of esters is 2. The van der Waals surface area contributed by atoms with Crippen LogP contribution in [-0.4, -0.2) is 148 Å². The number of aromatic nitrogens is 4. The molecular weight excluding hydrogens is 1020 g/mol. The lowest BCUT2D eigenvalue weighted by molar-refractivity contribution is -0.320. The first kappa shape index (κ1) is 61.8. The van der Waals surface area contributed by atoms with E-state index in [1.54, 1.807) is 42.3 Å². The van der Waals surface area contributed by atoms with Crippen molar-refractivity contribution in [2.45, 2.75) is 201 Å². The minimum atomic E-state index is -3.03. The molecule has 1 aliphatic heterocycles. The van der Waals surface area contributed by atoms with Crippen molar-refractivity contribution in [3.63, 3.8) is 0 Å². The van der Waals surface area contributed by atoms with E-state index in [9.17, 15) is 14.4 Å². The summed E-state index contributed by atoms with van der Waals surface area (Å²) in [5.74, 6) is -1.12. The third-order valence-corrected chi connectivity index (χ3v) is 47.3. The molecule has 416 valence electrons. The Labute approximate surface area is 443 Å². The minimum Gasteiger partial charge on any atom is -0.463 e. The van der Waals surface area contributed by atoms with E-state index >= 15 is 0 Å². The van der Waals surface area contributed by atoms with Gasteiger partial charge in [0.15, 0.2) is 23.2 Å². The molecule has 3 aromatic rings. The Morgan fingerprint density at radius 2 is 1.32 bits per heavy atom. The summed E-state index contributed by atoms with van der Waals surface area (Å²) >= 11 is 0. The number of imidazole rings is 1. The molecule has 1 saturated heterocycles. The number of benzene rings is 1. The number of rotatable bonds is 26. The van der Waals surface area contributed by atoms with Crippen molar-refractivity contribution < 1.29 is 60.7 Å². The van der Waals surface area contributed by atoms with Crippen molar-refractivity contribution in [1.82, 2.24) is 24.2 Å². The lowest BCUT2D eigenvalue weighted by Crippen LogP contribution is -2.76. The van der Waals surface area contributed by atoms with Crippen molar-refractivity contribution in [2.75, 3.05) is 45.5 Å². The molecule has 3 heterocycles. The summed E-state index contributed by atoms with van der Waals surface area (Å²) in [5.41, 5.74) is 1.09. The molecule has 19 nitrogen and oxygen atoms in total. The zero-order valence-electron chi connectivity index (χ0n) is 46.5. The van der Waals surface area contributed by atoms with Crippen LogP contribution in [0.5, 0.6) is 0 Å². The Hall–Kier alpha value is -3.10. The molecule has 0 radical (unpaired) electrons. The van der Waals surface area contributed by atoms with Gasteiger partial charge in [0.1, 0.15) is 53.0 Å². The number of amides is 1. The average molecular weight is 1110 g/mol. The molecule has 1 aliphatic carbocycles. The van der Waals surface area contributed by atoms with Crippen molar-refractivity contribution in [3.05, 3.63) is 48.5 Å². The number of nitrogens with one attached hydrogen (secondary N) is 1. The third kappa shape index (κ3) is 17.5. The van der Waals surface area contributed by atoms with Crippen molar-refractivity contribution in [1.29, 1.82) is 0 Å². The van der Waals surface area contributed by atoms with E-state index in [4.69, 9.17) is 51.3 Å². The molecule has 1 N–H and O–H groups in total. The fraction of sp³-hybridized carbons (Fsp3) is 0.725. The molecule has 23 heteroatoms. The standard InChI is InChI=1S/C51H87N6O13PSi3/c1-37(2)57(38(3)4)71(61-7)69-45-43(34-66-74(72(8,9)10,73(11,12)13)70-42-28-24-19-17-15-14-16-18-20-25-29-42)67-50(46(45)68-51(64-32-30-62-39(5)58)65-33-31-63-40(6)59)56-36-54-44-47(52-35-53-48(44)56)55-49(60)41-26-22-21-23-27-41/h21-23,26-27,35-38,42-43,45-46,50-51H,14-20,24-25,28-34H2,1-13H3,(H,52,53,55,60)/t43-,45-,46-,50?,71?/m1/s1. The van der Waals surface area contributed by atoms with Crippen molar-refractivity contribution >= 4 is 66.1 Å². The van der Waals surface area contributed by atoms with E-state index in [0.717, 1.165) is 25.7 Å². The van der Waals surface area contributed by atoms with Crippen LogP contribution in [0.2, 0.25) is 39.3 Å². The lowest BCUT2D eigenvalue weighted by atomic mass is 10.00. The van der Waals surface area contributed by atoms with Crippen LogP contribution in [0.15, 0.2) is 43.0 Å². The third-order valence-electron chi connectivity index (χ3n) is 13.2. The second kappa shape index (κ2) is 29.6. The molecule has 5 rings (SSSR count). The van der Waals surface area contributed by atoms with Crippen molar-refractivity contribution in [2.24, 2.45) is 0 Å². The average Bonchev–Trinajstić information content (AvgIpc) is 3.91. The molecule has 2 fully saturated rings. The molecule has 2 unspecified atom stereocenters. The van der Waals surface area contributed by atoms with Gasteiger partial charge in [-0.1, -0.05) is 115 Å². The molecule has 74 heavy (non-hydrogen) atoms. The second-order valence-corrected chi connectivity index (χ2v) is 48.4. The van der Waals surface area contributed by atoms with Gasteiger partial charge in [0.25, 0.3) is 28.5 Å². The highest BCUT2D eigenvalue weighted by Gasteiger charge is 2.62. The summed E-state index contributed by atoms with van der Waals surface area (Å²) in [5, 5.41) is 2.91. The number of ether oxygens (including phenoxy) is 6. The topological polar surface area (TPSA) is 202 Å². The Kier molecular flexibility index (Phi) is 24.7. The van der Waals surface area contributed by atoms with Gasteiger partial charge in [-0.3, -0.25) is 19.0 Å². The van der Waals surface area contributed by atoms with Gasteiger partial charge >= 0.3 is 11.9 Å². The van der Waals surface area contributed by atoms with Gasteiger partial charge < -0.3 is 51.6 Å². The van der Waals surface area contributed by atoms with E-state index in [-0.39, 0.29) is 62.9 Å². The summed E-state index contributed by atoms with van der Waals surface area (Å²) in [6, 6.07) is 8.88. The maximum atomic E-state index is 13.5. The van der Waals surface area contributed by atoms with Crippen LogP contribution in [-0.2, 0) is 55.9 Å². The number of carbonyl (C=O) groups excluding carboxylic acids is 3. The number of anilines is 1.